The zero-order valence-electron chi connectivity index (χ0n) is 2.40. The van der Waals surface area contributed by atoms with E-state index in [1.807, 2.05) is 0 Å². The van der Waals surface area contributed by atoms with Gasteiger partial charge in [-0.2, -0.15) is 8.42 Å². The average Bonchev–Trinajstić information content (AvgIpc) is 0.722. The summed E-state index contributed by atoms with van der Waals surface area (Å²) in [7, 11) is -4.67. The van der Waals surface area contributed by atoms with Crippen LogP contribution in [0.1, 0.15) is 0 Å². The minimum absolute atomic E-state index is 0. The molecule has 0 amide bonds. The molecule has 6 heteroatoms. The fourth-order valence-corrected chi connectivity index (χ4v) is 0. The smallest absolute Gasteiger partial charge is 0.264 e. The van der Waals surface area contributed by atoms with Crippen LogP contribution < -0.4 is 0 Å². The molecule has 4 nitrogen and oxygen atoms in total. The molecule has 0 aromatic heterocycles. The van der Waals surface area contributed by atoms with E-state index in [9.17, 15) is 0 Å². The van der Waals surface area contributed by atoms with Gasteiger partial charge in [-0.25, -0.2) is 0 Å². The van der Waals surface area contributed by atoms with Crippen LogP contribution in [-0.4, -0.2) is 17.5 Å². The molecule has 0 fully saturated rings. The fraction of sp³-hybridized carbons (Fsp3) is 0. The van der Waals surface area contributed by atoms with Crippen molar-refractivity contribution in [2.75, 3.05) is 0 Å². The van der Waals surface area contributed by atoms with E-state index < -0.39 is 10.4 Å². The quantitative estimate of drug-likeness (QED) is 0.572. The van der Waals surface area contributed by atoms with Crippen LogP contribution >= 0.6 is 0 Å². The molecule has 0 saturated heterocycles. The first-order chi connectivity index (χ1) is 2.00. The third-order valence-corrected chi connectivity index (χ3v) is 0. The Labute approximate surface area is 64.3 Å². The second-order valence-electron chi connectivity index (χ2n) is 0.448. The van der Waals surface area contributed by atoms with Crippen LogP contribution in [0.25, 0.3) is 0 Å². The molecule has 0 atom stereocenters. The molecule has 0 spiro atoms. The van der Waals surface area contributed by atoms with Gasteiger partial charge in [0.1, 0.15) is 0 Å². The van der Waals surface area contributed by atoms with Crippen LogP contribution in [0.2, 0.25) is 0 Å². The molecule has 1 radical (unpaired) electrons. The molecular formula is H2O4STm. The minimum atomic E-state index is -4.67. The van der Waals surface area contributed by atoms with E-state index in [0.29, 0.717) is 0 Å². The Morgan fingerprint density at radius 1 is 1.17 bits per heavy atom. The number of rotatable bonds is 0. The van der Waals surface area contributed by atoms with Gasteiger partial charge in [0.25, 0.3) is 0 Å². The normalized spacial score (nSPS) is 9.67. The van der Waals surface area contributed by atoms with Gasteiger partial charge in [-0.3, -0.25) is 9.11 Å². The average molecular weight is 267 g/mol. The molecule has 0 aliphatic rings. The first kappa shape index (κ1) is 10.2. The van der Waals surface area contributed by atoms with E-state index in [1.165, 1.54) is 0 Å². The largest absolute Gasteiger partial charge is 0.394 e. The summed E-state index contributed by atoms with van der Waals surface area (Å²) in [6, 6.07) is 0. The van der Waals surface area contributed by atoms with Crippen molar-refractivity contribution in [1.29, 1.82) is 0 Å². The minimum Gasteiger partial charge on any atom is -0.264 e. The van der Waals surface area contributed by atoms with E-state index in [2.05, 4.69) is 0 Å². The monoisotopic (exact) mass is 267 g/mol. The maximum Gasteiger partial charge on any atom is 0.394 e. The van der Waals surface area contributed by atoms with E-state index in [-0.39, 0.29) is 36.9 Å². The van der Waals surface area contributed by atoms with Gasteiger partial charge in [0, 0.05) is 36.9 Å². The standard InChI is InChI=1S/H2O4S.Tm/c1-5(2,3)4;/h(H2,1,2,3,4);. The van der Waals surface area contributed by atoms with Gasteiger partial charge in [-0.15, -0.1) is 0 Å². The maximum atomic E-state index is 8.74. The van der Waals surface area contributed by atoms with Gasteiger partial charge in [-0.1, -0.05) is 0 Å². The van der Waals surface area contributed by atoms with Crippen molar-refractivity contribution in [2.45, 2.75) is 0 Å². The molecule has 6 heavy (non-hydrogen) atoms. The van der Waals surface area contributed by atoms with Gasteiger partial charge in [0.05, 0.1) is 0 Å². The molecule has 0 unspecified atom stereocenters. The topological polar surface area (TPSA) is 74.6 Å². The van der Waals surface area contributed by atoms with E-state index in [1.54, 1.807) is 0 Å². The SMILES string of the molecule is O=S(=O)(O)O.[Tm]. The second kappa shape index (κ2) is 3.15. The van der Waals surface area contributed by atoms with Crippen molar-refractivity contribution in [3.63, 3.8) is 0 Å². The Kier molecular flexibility index (Phi) is 5.34. The summed E-state index contributed by atoms with van der Waals surface area (Å²) in [5.74, 6) is 0. The van der Waals surface area contributed by atoms with Gasteiger partial charge >= 0.3 is 10.4 Å². The molecule has 0 aliphatic heterocycles. The molecule has 0 rings (SSSR count). The zero-order valence-corrected chi connectivity index (χ0v) is 4.99. The molecule has 0 aromatic rings. The van der Waals surface area contributed by atoms with E-state index in [0.717, 1.165) is 0 Å². The number of hydrogen-bond acceptors (Lipinski definition) is 2. The Morgan fingerprint density at radius 2 is 1.17 bits per heavy atom. The molecular weight excluding hydrogens is 265 g/mol. The van der Waals surface area contributed by atoms with Gasteiger partial charge in [0.15, 0.2) is 0 Å². The molecule has 0 aliphatic carbocycles. The van der Waals surface area contributed by atoms with E-state index in [4.69, 9.17) is 17.5 Å². The third kappa shape index (κ3) is 70.6. The molecule has 0 heterocycles. The Hall–Kier alpha value is 1.10. The first-order valence-corrected chi connectivity index (χ1v) is 2.10. The molecule has 2 N–H and O–H groups in total. The fourth-order valence-electron chi connectivity index (χ4n) is 0. The first-order valence-electron chi connectivity index (χ1n) is 0.698. The summed E-state index contributed by atoms with van der Waals surface area (Å²) in [6.07, 6.45) is 0. The number of hydrogen-bond donors (Lipinski definition) is 2. The second-order valence-corrected chi connectivity index (χ2v) is 1.34. The molecule has 0 bridgehead atoms. The molecule has 0 saturated carbocycles. The zero-order chi connectivity index (χ0) is 4.50. The Morgan fingerprint density at radius 3 is 1.17 bits per heavy atom. The van der Waals surface area contributed by atoms with Crippen molar-refractivity contribution in [2.24, 2.45) is 0 Å². The van der Waals surface area contributed by atoms with E-state index >= 15 is 0 Å². The Balaban J connectivity index is 0. The summed E-state index contributed by atoms with van der Waals surface area (Å²) >= 11 is 0. The van der Waals surface area contributed by atoms with Crippen molar-refractivity contribution >= 4 is 10.4 Å². The van der Waals surface area contributed by atoms with Crippen molar-refractivity contribution in [3.05, 3.63) is 0 Å². The van der Waals surface area contributed by atoms with Gasteiger partial charge < -0.3 is 0 Å². The predicted octanol–water partition coefficient (Wildman–Crippen LogP) is -0.653. The van der Waals surface area contributed by atoms with Crippen LogP contribution in [0.4, 0.5) is 0 Å². The summed E-state index contributed by atoms with van der Waals surface area (Å²) in [4.78, 5) is 0. The summed E-state index contributed by atoms with van der Waals surface area (Å²) in [5.41, 5.74) is 0. The molecule has 0 aromatic carbocycles. The van der Waals surface area contributed by atoms with Crippen LogP contribution in [-0.2, 0) is 10.4 Å². The van der Waals surface area contributed by atoms with Crippen LogP contribution in [0.3, 0.4) is 0 Å². The third-order valence-electron chi connectivity index (χ3n) is 0. The van der Waals surface area contributed by atoms with Crippen LogP contribution in [0.15, 0.2) is 0 Å². The summed E-state index contributed by atoms with van der Waals surface area (Å²) in [6.45, 7) is 0. The summed E-state index contributed by atoms with van der Waals surface area (Å²) in [5, 5.41) is 0. The van der Waals surface area contributed by atoms with Gasteiger partial charge in [-0.05, 0) is 0 Å². The van der Waals surface area contributed by atoms with Crippen molar-refractivity contribution in [1.82, 2.24) is 0 Å². The van der Waals surface area contributed by atoms with Crippen LogP contribution in [0, 0.1) is 36.9 Å². The Bertz CT molecular complexity index is 90.7. The summed E-state index contributed by atoms with van der Waals surface area (Å²) < 4.78 is 31.6. The maximum absolute atomic E-state index is 8.74. The van der Waals surface area contributed by atoms with Gasteiger partial charge in [0.2, 0.25) is 0 Å². The molecule has 45 valence electrons. The van der Waals surface area contributed by atoms with Crippen LogP contribution in [0.5, 0.6) is 0 Å². The van der Waals surface area contributed by atoms with Crippen molar-refractivity contribution < 1.29 is 54.4 Å². The van der Waals surface area contributed by atoms with Crippen molar-refractivity contribution in [3.8, 4) is 0 Å². The predicted molar refractivity (Wildman–Crippen MR) is 14.2 cm³/mol.